The second-order valence-corrected chi connectivity index (χ2v) is 4.39. The molecule has 1 N–H and O–H groups in total. The standard InChI is InChI=1S/C14H14N2O3/c1-9-7-10(2)16(14(19)15-9)12-5-3-11(4-6-12)8-13(17)18/h3-7H,8H2,1-2H3,(H,17,18). The molecule has 0 aliphatic rings. The topological polar surface area (TPSA) is 72.2 Å². The predicted molar refractivity (Wildman–Crippen MR) is 70.6 cm³/mol. The summed E-state index contributed by atoms with van der Waals surface area (Å²) in [7, 11) is 0. The molecule has 0 fully saturated rings. The van der Waals surface area contributed by atoms with E-state index in [0.29, 0.717) is 16.9 Å². The molecule has 0 atom stereocenters. The minimum Gasteiger partial charge on any atom is -0.481 e. The first kappa shape index (κ1) is 13.0. The molecule has 0 aliphatic heterocycles. The van der Waals surface area contributed by atoms with Crippen LogP contribution in [0.3, 0.4) is 0 Å². The molecule has 98 valence electrons. The summed E-state index contributed by atoms with van der Waals surface area (Å²) in [5.41, 5.74) is 2.53. The second kappa shape index (κ2) is 5.06. The van der Waals surface area contributed by atoms with Crippen LogP contribution in [0.2, 0.25) is 0 Å². The molecule has 0 amide bonds. The van der Waals surface area contributed by atoms with Crippen LogP contribution >= 0.6 is 0 Å². The SMILES string of the molecule is Cc1cc(C)n(-c2ccc(CC(=O)O)cc2)c(=O)n1. The number of rotatable bonds is 3. The maximum Gasteiger partial charge on any atom is 0.352 e. The smallest absolute Gasteiger partial charge is 0.352 e. The highest BCUT2D eigenvalue weighted by Gasteiger charge is 2.06. The maximum atomic E-state index is 11.9. The van der Waals surface area contributed by atoms with Gasteiger partial charge in [0, 0.05) is 11.4 Å². The lowest BCUT2D eigenvalue weighted by atomic mass is 10.1. The number of aliphatic carboxylic acids is 1. The van der Waals surface area contributed by atoms with Gasteiger partial charge in [0.2, 0.25) is 0 Å². The van der Waals surface area contributed by atoms with Crippen molar-refractivity contribution >= 4 is 5.97 Å². The Labute approximate surface area is 110 Å². The fourth-order valence-electron chi connectivity index (χ4n) is 2.00. The molecular formula is C14H14N2O3. The number of nitrogens with zero attached hydrogens (tertiary/aromatic N) is 2. The van der Waals surface area contributed by atoms with Crippen molar-refractivity contribution in [3.8, 4) is 5.69 Å². The van der Waals surface area contributed by atoms with E-state index in [4.69, 9.17) is 5.11 Å². The van der Waals surface area contributed by atoms with Crippen LogP contribution in [0, 0.1) is 13.8 Å². The van der Waals surface area contributed by atoms with E-state index in [-0.39, 0.29) is 12.1 Å². The van der Waals surface area contributed by atoms with Crippen LogP contribution in [0.4, 0.5) is 0 Å². The van der Waals surface area contributed by atoms with Crippen molar-refractivity contribution in [1.29, 1.82) is 0 Å². The molecule has 0 bridgehead atoms. The average molecular weight is 258 g/mol. The molecule has 0 spiro atoms. The highest BCUT2D eigenvalue weighted by molar-refractivity contribution is 5.70. The summed E-state index contributed by atoms with van der Waals surface area (Å²) in [5, 5.41) is 8.71. The van der Waals surface area contributed by atoms with Crippen molar-refractivity contribution in [3.63, 3.8) is 0 Å². The Bertz CT molecular complexity index is 672. The third-order valence-corrected chi connectivity index (χ3v) is 2.78. The third-order valence-electron chi connectivity index (χ3n) is 2.78. The predicted octanol–water partition coefficient (Wildman–Crippen LogP) is 1.48. The van der Waals surface area contributed by atoms with E-state index < -0.39 is 5.97 Å². The van der Waals surface area contributed by atoms with E-state index in [2.05, 4.69) is 4.98 Å². The summed E-state index contributed by atoms with van der Waals surface area (Å²) in [5.74, 6) is -0.877. The van der Waals surface area contributed by atoms with Crippen LogP contribution in [-0.4, -0.2) is 20.6 Å². The molecule has 2 aromatic rings. The van der Waals surface area contributed by atoms with Crippen LogP contribution < -0.4 is 5.69 Å². The quantitative estimate of drug-likeness (QED) is 0.905. The monoisotopic (exact) mass is 258 g/mol. The van der Waals surface area contributed by atoms with Crippen molar-refractivity contribution in [3.05, 3.63) is 57.8 Å². The van der Waals surface area contributed by atoms with Gasteiger partial charge in [-0.3, -0.25) is 9.36 Å². The van der Waals surface area contributed by atoms with Gasteiger partial charge in [-0.05, 0) is 37.6 Å². The van der Waals surface area contributed by atoms with Gasteiger partial charge in [0.1, 0.15) is 0 Å². The second-order valence-electron chi connectivity index (χ2n) is 4.39. The fraction of sp³-hybridized carbons (Fsp3) is 0.214. The van der Waals surface area contributed by atoms with Gasteiger partial charge >= 0.3 is 11.7 Å². The zero-order valence-electron chi connectivity index (χ0n) is 10.8. The minimum atomic E-state index is -0.877. The van der Waals surface area contributed by atoms with Crippen molar-refractivity contribution in [2.45, 2.75) is 20.3 Å². The first-order valence-corrected chi connectivity index (χ1v) is 5.86. The van der Waals surface area contributed by atoms with Gasteiger partial charge in [-0.2, -0.15) is 4.98 Å². The van der Waals surface area contributed by atoms with Crippen LogP contribution in [0.5, 0.6) is 0 Å². The Kier molecular flexibility index (Phi) is 3.46. The summed E-state index contributed by atoms with van der Waals surface area (Å²) in [4.78, 5) is 26.4. The van der Waals surface area contributed by atoms with E-state index in [9.17, 15) is 9.59 Å². The largest absolute Gasteiger partial charge is 0.481 e. The number of aromatic nitrogens is 2. The zero-order valence-corrected chi connectivity index (χ0v) is 10.8. The number of carboxylic acid groups (broad SMARTS) is 1. The van der Waals surface area contributed by atoms with E-state index in [1.807, 2.05) is 13.0 Å². The lowest BCUT2D eigenvalue weighted by Gasteiger charge is -2.10. The van der Waals surface area contributed by atoms with Gasteiger partial charge in [0.25, 0.3) is 0 Å². The third kappa shape index (κ3) is 2.88. The summed E-state index contributed by atoms with van der Waals surface area (Å²) < 4.78 is 1.50. The normalized spacial score (nSPS) is 10.4. The first-order chi connectivity index (χ1) is 8.97. The molecule has 19 heavy (non-hydrogen) atoms. The molecule has 1 aromatic heterocycles. The maximum absolute atomic E-state index is 11.9. The van der Waals surface area contributed by atoms with Gasteiger partial charge in [-0.15, -0.1) is 0 Å². The molecule has 5 heteroatoms. The number of benzene rings is 1. The Morgan fingerprint density at radius 1 is 1.26 bits per heavy atom. The molecule has 0 saturated heterocycles. The lowest BCUT2D eigenvalue weighted by Crippen LogP contribution is -2.24. The van der Waals surface area contributed by atoms with Crippen LogP contribution in [0.25, 0.3) is 5.69 Å². The van der Waals surface area contributed by atoms with Gasteiger partial charge in [0.15, 0.2) is 0 Å². The number of carbonyl (C=O) groups is 1. The molecule has 5 nitrogen and oxygen atoms in total. The first-order valence-electron chi connectivity index (χ1n) is 5.86. The minimum absolute atomic E-state index is 0.0275. The molecule has 0 aliphatic carbocycles. The summed E-state index contributed by atoms with van der Waals surface area (Å²) >= 11 is 0. The molecular weight excluding hydrogens is 244 g/mol. The van der Waals surface area contributed by atoms with Crippen LogP contribution in [0.1, 0.15) is 17.0 Å². The van der Waals surface area contributed by atoms with Crippen LogP contribution in [0.15, 0.2) is 35.1 Å². The van der Waals surface area contributed by atoms with E-state index in [1.165, 1.54) is 4.57 Å². The van der Waals surface area contributed by atoms with E-state index >= 15 is 0 Å². The summed E-state index contributed by atoms with van der Waals surface area (Å²) in [6.45, 7) is 3.61. The highest BCUT2D eigenvalue weighted by Crippen LogP contribution is 2.11. The van der Waals surface area contributed by atoms with Crippen molar-refractivity contribution in [1.82, 2.24) is 9.55 Å². The average Bonchev–Trinajstić information content (AvgIpc) is 2.29. The summed E-state index contributed by atoms with van der Waals surface area (Å²) in [6.07, 6.45) is -0.0275. The van der Waals surface area contributed by atoms with Crippen LogP contribution in [-0.2, 0) is 11.2 Å². The van der Waals surface area contributed by atoms with Gasteiger partial charge < -0.3 is 5.11 Å². The lowest BCUT2D eigenvalue weighted by molar-refractivity contribution is -0.136. The number of carboxylic acids is 1. The molecule has 0 radical (unpaired) electrons. The Morgan fingerprint density at radius 2 is 1.89 bits per heavy atom. The Balaban J connectivity index is 2.43. The van der Waals surface area contributed by atoms with Crippen molar-refractivity contribution < 1.29 is 9.90 Å². The van der Waals surface area contributed by atoms with E-state index in [1.54, 1.807) is 31.2 Å². The molecule has 1 heterocycles. The fourth-order valence-corrected chi connectivity index (χ4v) is 2.00. The number of hydrogen-bond donors (Lipinski definition) is 1. The van der Waals surface area contributed by atoms with Gasteiger partial charge in [-0.25, -0.2) is 4.79 Å². The van der Waals surface area contributed by atoms with Gasteiger partial charge in [0.05, 0.1) is 12.1 Å². The highest BCUT2D eigenvalue weighted by atomic mass is 16.4. The molecule has 0 unspecified atom stereocenters. The van der Waals surface area contributed by atoms with Crippen molar-refractivity contribution in [2.75, 3.05) is 0 Å². The summed E-state index contributed by atoms with van der Waals surface area (Å²) in [6, 6.07) is 8.68. The molecule has 0 saturated carbocycles. The van der Waals surface area contributed by atoms with Crippen molar-refractivity contribution in [2.24, 2.45) is 0 Å². The zero-order chi connectivity index (χ0) is 14.0. The Hall–Kier alpha value is -2.43. The van der Waals surface area contributed by atoms with Gasteiger partial charge in [-0.1, -0.05) is 12.1 Å². The Morgan fingerprint density at radius 3 is 2.42 bits per heavy atom. The van der Waals surface area contributed by atoms with E-state index in [0.717, 1.165) is 5.69 Å². The molecule has 2 rings (SSSR count). The number of hydrogen-bond acceptors (Lipinski definition) is 3. The molecule has 1 aromatic carbocycles. The number of aryl methyl sites for hydroxylation is 2.